The van der Waals surface area contributed by atoms with Gasteiger partial charge in [-0.15, -0.1) is 0 Å². The molecule has 0 atom stereocenters. The number of carbonyl (C=O) groups excluding carboxylic acids is 2. The fraction of sp³-hybridized carbons (Fsp3) is 0.292. The molecule has 1 aliphatic carbocycles. The summed E-state index contributed by atoms with van der Waals surface area (Å²) in [6, 6.07) is 9.55. The molecule has 0 unspecified atom stereocenters. The molecule has 0 aliphatic heterocycles. The Kier molecular flexibility index (Phi) is 7.58. The van der Waals surface area contributed by atoms with Crippen molar-refractivity contribution < 1.29 is 27.5 Å². The van der Waals surface area contributed by atoms with Gasteiger partial charge in [-0.2, -0.15) is 13.2 Å². The van der Waals surface area contributed by atoms with Gasteiger partial charge in [-0.3, -0.25) is 9.79 Å². The number of benzene rings is 2. The second-order valence-electron chi connectivity index (χ2n) is 7.41. The standard InChI is InChI=1S/C24H22ClF3N2O3/c1-2-33-23(32)14-10-12-15(13-11-14)30-19-9-4-3-6-16(19)21(29)22(31)20-17(24(26,27)28)7-5-8-18(20)25/h5,7-8,10-13H,2-4,6,9,29H2,1H3. The van der Waals surface area contributed by atoms with Crippen LogP contribution < -0.4 is 5.73 Å². The number of halogens is 4. The molecule has 5 nitrogen and oxygen atoms in total. The molecule has 0 radical (unpaired) electrons. The first-order valence-corrected chi connectivity index (χ1v) is 10.8. The molecular weight excluding hydrogens is 457 g/mol. The molecule has 0 amide bonds. The lowest BCUT2D eigenvalue weighted by Gasteiger charge is -2.20. The van der Waals surface area contributed by atoms with Gasteiger partial charge in [0.25, 0.3) is 0 Å². The fourth-order valence-electron chi connectivity index (χ4n) is 3.61. The minimum atomic E-state index is -4.76. The van der Waals surface area contributed by atoms with Gasteiger partial charge in [0.05, 0.1) is 39.7 Å². The van der Waals surface area contributed by atoms with Gasteiger partial charge in [0.1, 0.15) is 0 Å². The van der Waals surface area contributed by atoms with Gasteiger partial charge in [-0.25, -0.2) is 4.79 Å². The zero-order valence-electron chi connectivity index (χ0n) is 17.8. The van der Waals surface area contributed by atoms with E-state index >= 15 is 0 Å². The molecule has 174 valence electrons. The minimum absolute atomic E-state index is 0.256. The number of ketones is 1. The third-order valence-electron chi connectivity index (χ3n) is 5.20. The largest absolute Gasteiger partial charge is 0.462 e. The number of esters is 1. The van der Waals surface area contributed by atoms with Crippen LogP contribution in [0.1, 0.15) is 58.9 Å². The number of rotatable bonds is 5. The normalized spacial score (nSPS) is 17.1. The Morgan fingerprint density at radius 2 is 1.76 bits per heavy atom. The van der Waals surface area contributed by atoms with Crippen molar-refractivity contribution in [1.29, 1.82) is 0 Å². The highest BCUT2D eigenvalue weighted by Crippen LogP contribution is 2.36. The monoisotopic (exact) mass is 478 g/mol. The first-order valence-electron chi connectivity index (χ1n) is 10.4. The number of nitrogens with zero attached hydrogens (tertiary/aromatic N) is 1. The Morgan fingerprint density at radius 3 is 2.39 bits per heavy atom. The van der Waals surface area contributed by atoms with E-state index in [1.54, 1.807) is 31.2 Å². The second-order valence-corrected chi connectivity index (χ2v) is 7.82. The Bertz CT molecular complexity index is 1120. The molecule has 0 spiro atoms. The van der Waals surface area contributed by atoms with Crippen LogP contribution in [-0.4, -0.2) is 24.1 Å². The first kappa shape index (κ1) is 24.5. The number of nitrogens with two attached hydrogens (primary N) is 1. The van der Waals surface area contributed by atoms with Crippen LogP contribution in [0.5, 0.6) is 0 Å². The zero-order valence-corrected chi connectivity index (χ0v) is 18.6. The summed E-state index contributed by atoms with van der Waals surface area (Å²) in [4.78, 5) is 29.4. The maximum Gasteiger partial charge on any atom is 0.417 e. The average Bonchev–Trinajstić information content (AvgIpc) is 2.78. The zero-order chi connectivity index (χ0) is 24.2. The summed E-state index contributed by atoms with van der Waals surface area (Å²) in [7, 11) is 0. The Hall–Kier alpha value is -3.13. The van der Waals surface area contributed by atoms with Gasteiger partial charge in [0.2, 0.25) is 5.78 Å². The predicted octanol–water partition coefficient (Wildman–Crippen LogP) is 6.28. The van der Waals surface area contributed by atoms with E-state index in [2.05, 4.69) is 4.99 Å². The smallest absolute Gasteiger partial charge is 0.417 e. The summed E-state index contributed by atoms with van der Waals surface area (Å²) in [5.74, 6) is -1.43. The highest BCUT2D eigenvalue weighted by molar-refractivity contribution is 6.35. The highest BCUT2D eigenvalue weighted by Gasteiger charge is 2.37. The molecule has 0 saturated heterocycles. The van der Waals surface area contributed by atoms with Crippen molar-refractivity contribution in [1.82, 2.24) is 0 Å². The molecule has 9 heteroatoms. The third kappa shape index (κ3) is 5.63. The van der Waals surface area contributed by atoms with Crippen LogP contribution in [0.25, 0.3) is 0 Å². The van der Waals surface area contributed by atoms with Crippen molar-refractivity contribution in [2.75, 3.05) is 6.61 Å². The van der Waals surface area contributed by atoms with Gasteiger partial charge in [0, 0.05) is 11.3 Å². The lowest BCUT2D eigenvalue weighted by Crippen LogP contribution is -2.23. The van der Waals surface area contributed by atoms with Crippen LogP contribution in [0.4, 0.5) is 18.9 Å². The van der Waals surface area contributed by atoms with E-state index in [4.69, 9.17) is 22.1 Å². The maximum atomic E-state index is 13.5. The van der Waals surface area contributed by atoms with Gasteiger partial charge >= 0.3 is 12.1 Å². The number of Topliss-reactive ketones (excluding diaryl/α,β-unsaturated/α-hetero) is 1. The van der Waals surface area contributed by atoms with Gasteiger partial charge < -0.3 is 10.5 Å². The van der Waals surface area contributed by atoms with E-state index in [1.807, 2.05) is 0 Å². The van der Waals surface area contributed by atoms with Crippen LogP contribution in [-0.2, 0) is 10.9 Å². The summed E-state index contributed by atoms with van der Waals surface area (Å²) < 4.78 is 45.4. The van der Waals surface area contributed by atoms with Gasteiger partial charge in [-0.05, 0) is 69.0 Å². The van der Waals surface area contributed by atoms with E-state index in [1.165, 1.54) is 6.07 Å². The minimum Gasteiger partial charge on any atom is -0.462 e. The Morgan fingerprint density at radius 1 is 1.09 bits per heavy atom. The van der Waals surface area contributed by atoms with Gasteiger partial charge in [-0.1, -0.05) is 17.7 Å². The van der Waals surface area contributed by atoms with Crippen molar-refractivity contribution in [2.45, 2.75) is 38.8 Å². The molecule has 2 aromatic rings. The number of ether oxygens (including phenoxy) is 1. The summed E-state index contributed by atoms with van der Waals surface area (Å²) in [6.45, 7) is 1.97. The molecule has 33 heavy (non-hydrogen) atoms. The maximum absolute atomic E-state index is 13.5. The van der Waals surface area contributed by atoms with Gasteiger partial charge in [0.15, 0.2) is 0 Å². The van der Waals surface area contributed by atoms with Crippen LogP contribution >= 0.6 is 11.6 Å². The summed E-state index contributed by atoms with van der Waals surface area (Å²) in [5.41, 5.74) is 5.84. The van der Waals surface area contributed by atoms with Crippen molar-refractivity contribution in [3.05, 3.63) is 75.4 Å². The van der Waals surface area contributed by atoms with Crippen molar-refractivity contribution >= 4 is 34.8 Å². The Labute approximate surface area is 194 Å². The predicted molar refractivity (Wildman–Crippen MR) is 120 cm³/mol. The molecule has 2 aromatic carbocycles. The van der Waals surface area contributed by atoms with Crippen LogP contribution in [0.3, 0.4) is 0 Å². The van der Waals surface area contributed by atoms with E-state index in [0.29, 0.717) is 35.4 Å². The highest BCUT2D eigenvalue weighted by atomic mass is 35.5. The number of aliphatic imine (C=N–C) groups is 1. The van der Waals surface area contributed by atoms with Crippen molar-refractivity contribution in [2.24, 2.45) is 10.7 Å². The van der Waals surface area contributed by atoms with Crippen LogP contribution in [0.15, 0.2) is 58.7 Å². The van der Waals surface area contributed by atoms with E-state index in [0.717, 1.165) is 25.0 Å². The molecular formula is C24H22ClF3N2O3. The summed E-state index contributed by atoms with van der Waals surface area (Å²) >= 11 is 5.98. The molecule has 1 fully saturated rings. The SMILES string of the molecule is CCOC(=O)c1ccc(N=C2CCCCC2=C(N)C(=O)c2c(Cl)cccc2C(F)(F)F)cc1. The second kappa shape index (κ2) is 10.2. The number of allylic oxidation sites excluding steroid dienone is 2. The van der Waals surface area contributed by atoms with E-state index in [-0.39, 0.29) is 17.3 Å². The third-order valence-corrected chi connectivity index (χ3v) is 5.51. The number of hydrogen-bond donors (Lipinski definition) is 1. The molecule has 1 saturated carbocycles. The van der Waals surface area contributed by atoms with E-state index in [9.17, 15) is 22.8 Å². The molecule has 0 heterocycles. The average molecular weight is 479 g/mol. The molecule has 2 N–H and O–H groups in total. The topological polar surface area (TPSA) is 81.8 Å². The van der Waals surface area contributed by atoms with E-state index < -0.39 is 29.1 Å². The number of carbonyl (C=O) groups is 2. The number of hydrogen-bond acceptors (Lipinski definition) is 5. The lowest BCUT2D eigenvalue weighted by atomic mass is 9.88. The van der Waals surface area contributed by atoms with Crippen molar-refractivity contribution in [3.8, 4) is 0 Å². The Balaban J connectivity index is 1.99. The molecule has 0 bridgehead atoms. The molecule has 0 aromatic heterocycles. The summed E-state index contributed by atoms with van der Waals surface area (Å²) in [6.07, 6.45) is -2.32. The fourth-order valence-corrected chi connectivity index (χ4v) is 3.87. The lowest BCUT2D eigenvalue weighted by molar-refractivity contribution is -0.137. The summed E-state index contributed by atoms with van der Waals surface area (Å²) in [5, 5.41) is -0.317. The van der Waals surface area contributed by atoms with Crippen molar-refractivity contribution in [3.63, 3.8) is 0 Å². The van der Waals surface area contributed by atoms with Crippen LogP contribution in [0, 0.1) is 0 Å². The molecule has 3 rings (SSSR count). The van der Waals surface area contributed by atoms with Crippen LogP contribution in [0.2, 0.25) is 5.02 Å². The first-order chi connectivity index (χ1) is 15.6. The number of alkyl halides is 3. The quantitative estimate of drug-likeness (QED) is 0.311. The molecule has 1 aliphatic rings.